The van der Waals surface area contributed by atoms with E-state index in [0.717, 1.165) is 16.9 Å². The zero-order valence-electron chi connectivity index (χ0n) is 18.9. The van der Waals surface area contributed by atoms with E-state index in [1.807, 2.05) is 86.6 Å². The van der Waals surface area contributed by atoms with E-state index in [4.69, 9.17) is 19.2 Å². The Kier molecular flexibility index (Phi) is 6.74. The molecule has 0 aromatic heterocycles. The summed E-state index contributed by atoms with van der Waals surface area (Å²) in [5, 5.41) is 0. The summed E-state index contributed by atoms with van der Waals surface area (Å²) in [5.74, 6) is 2.40. The molecule has 0 spiro atoms. The van der Waals surface area contributed by atoms with Crippen LogP contribution < -0.4 is 19.1 Å². The fourth-order valence-corrected chi connectivity index (χ4v) is 3.58. The molecule has 3 aromatic rings. The number of hydrogen-bond donors (Lipinski definition) is 0. The van der Waals surface area contributed by atoms with Gasteiger partial charge in [-0.15, -0.1) is 0 Å². The third kappa shape index (κ3) is 4.75. The van der Waals surface area contributed by atoms with Crippen LogP contribution in [-0.2, 0) is 4.79 Å². The van der Waals surface area contributed by atoms with Crippen LogP contribution in [0.15, 0.2) is 83.5 Å². The van der Waals surface area contributed by atoms with Gasteiger partial charge in [0.2, 0.25) is 0 Å². The van der Waals surface area contributed by atoms with Crippen molar-refractivity contribution in [2.75, 3.05) is 25.2 Å². The average molecular weight is 443 g/mol. The van der Waals surface area contributed by atoms with E-state index < -0.39 is 0 Å². The van der Waals surface area contributed by atoms with Crippen LogP contribution in [0.1, 0.15) is 25.0 Å². The summed E-state index contributed by atoms with van der Waals surface area (Å²) < 4.78 is 16.6. The van der Waals surface area contributed by atoms with Gasteiger partial charge >= 0.3 is 0 Å². The second kappa shape index (κ2) is 10.0. The number of amides is 1. The van der Waals surface area contributed by atoms with Gasteiger partial charge in [0, 0.05) is 5.56 Å². The molecule has 0 aliphatic carbocycles. The van der Waals surface area contributed by atoms with Crippen LogP contribution in [0.2, 0.25) is 0 Å². The van der Waals surface area contributed by atoms with Crippen molar-refractivity contribution < 1.29 is 19.0 Å². The first-order chi connectivity index (χ1) is 16.1. The van der Waals surface area contributed by atoms with Gasteiger partial charge in [0.1, 0.15) is 17.3 Å². The van der Waals surface area contributed by atoms with Crippen molar-refractivity contribution in [1.29, 1.82) is 0 Å². The van der Waals surface area contributed by atoms with Gasteiger partial charge in [-0.3, -0.25) is 9.69 Å². The molecule has 1 amide bonds. The summed E-state index contributed by atoms with van der Waals surface area (Å²) in [6.07, 6.45) is 1.77. The molecular formula is C27H26N2O4. The molecule has 0 radical (unpaired) electrons. The van der Waals surface area contributed by atoms with Gasteiger partial charge in [-0.25, -0.2) is 4.99 Å². The van der Waals surface area contributed by atoms with Crippen LogP contribution in [-0.4, -0.2) is 32.1 Å². The number of rotatable bonds is 8. The smallest absolute Gasteiger partial charge is 0.282 e. The van der Waals surface area contributed by atoms with Gasteiger partial charge in [-0.2, -0.15) is 0 Å². The average Bonchev–Trinajstić information content (AvgIpc) is 3.17. The van der Waals surface area contributed by atoms with E-state index in [2.05, 4.69) is 0 Å². The van der Waals surface area contributed by atoms with Crippen molar-refractivity contribution in [1.82, 2.24) is 0 Å². The SMILES string of the molecule is CCOc1ccc(C=C2N=C(c3ccccc3)N(c3ccc(OC)cc3)C2=O)cc1OCC. The lowest BCUT2D eigenvalue weighted by Crippen LogP contribution is -2.32. The number of ether oxygens (including phenoxy) is 3. The van der Waals surface area contributed by atoms with Crippen molar-refractivity contribution in [3.63, 3.8) is 0 Å². The Balaban J connectivity index is 1.75. The fraction of sp³-hybridized carbons (Fsp3) is 0.185. The maximum atomic E-state index is 13.5. The van der Waals surface area contributed by atoms with Gasteiger partial charge in [-0.1, -0.05) is 36.4 Å². The van der Waals surface area contributed by atoms with Crippen LogP contribution in [0, 0.1) is 0 Å². The van der Waals surface area contributed by atoms with Crippen molar-refractivity contribution in [3.8, 4) is 17.2 Å². The summed E-state index contributed by atoms with van der Waals surface area (Å²) in [6, 6.07) is 22.6. The number of amidine groups is 1. The minimum Gasteiger partial charge on any atom is -0.497 e. The van der Waals surface area contributed by atoms with E-state index in [9.17, 15) is 4.79 Å². The summed E-state index contributed by atoms with van der Waals surface area (Å²) in [7, 11) is 1.61. The third-order valence-corrected chi connectivity index (χ3v) is 5.09. The molecule has 6 heteroatoms. The molecule has 1 aliphatic rings. The first-order valence-corrected chi connectivity index (χ1v) is 10.9. The van der Waals surface area contributed by atoms with Gasteiger partial charge in [0.25, 0.3) is 5.91 Å². The molecule has 3 aromatic carbocycles. The zero-order valence-corrected chi connectivity index (χ0v) is 18.9. The highest BCUT2D eigenvalue weighted by Gasteiger charge is 2.32. The Bertz CT molecular complexity index is 1180. The Hall–Kier alpha value is -4.06. The number of carbonyl (C=O) groups excluding carboxylic acids is 1. The maximum Gasteiger partial charge on any atom is 0.282 e. The van der Waals surface area contributed by atoms with Crippen LogP contribution in [0.5, 0.6) is 17.2 Å². The molecule has 0 saturated carbocycles. The Labute approximate surface area is 193 Å². The molecular weight excluding hydrogens is 416 g/mol. The lowest BCUT2D eigenvalue weighted by atomic mass is 10.1. The molecule has 0 fully saturated rings. The van der Waals surface area contributed by atoms with Gasteiger partial charge in [0.05, 0.1) is 26.0 Å². The second-order valence-corrected chi connectivity index (χ2v) is 7.24. The molecule has 0 unspecified atom stereocenters. The molecule has 6 nitrogen and oxygen atoms in total. The first-order valence-electron chi connectivity index (χ1n) is 10.9. The molecule has 0 atom stereocenters. The standard InChI is InChI=1S/C27H26N2O4/c1-4-32-24-16-11-19(18-25(24)33-5-2)17-23-27(30)29(21-12-14-22(31-3)15-13-21)26(28-23)20-9-7-6-8-10-20/h6-18H,4-5H2,1-3H3. The highest BCUT2D eigenvalue weighted by atomic mass is 16.5. The number of methoxy groups -OCH3 is 1. The fourth-order valence-electron chi connectivity index (χ4n) is 3.58. The van der Waals surface area contributed by atoms with Crippen molar-refractivity contribution in [2.45, 2.75) is 13.8 Å². The summed E-state index contributed by atoms with van der Waals surface area (Å²) >= 11 is 0. The highest BCUT2D eigenvalue weighted by molar-refractivity contribution is 6.33. The van der Waals surface area contributed by atoms with Crippen LogP contribution in [0.25, 0.3) is 6.08 Å². The number of hydrogen-bond acceptors (Lipinski definition) is 5. The summed E-state index contributed by atoms with van der Waals surface area (Å²) in [6.45, 7) is 4.90. The van der Waals surface area contributed by atoms with E-state index in [0.29, 0.717) is 41.9 Å². The summed E-state index contributed by atoms with van der Waals surface area (Å²) in [4.78, 5) is 19.8. The van der Waals surface area contributed by atoms with Crippen molar-refractivity contribution in [3.05, 3.63) is 89.6 Å². The monoisotopic (exact) mass is 442 g/mol. The number of aliphatic imine (C=N–C) groups is 1. The minimum absolute atomic E-state index is 0.203. The number of carbonyl (C=O) groups is 1. The second-order valence-electron chi connectivity index (χ2n) is 7.24. The van der Waals surface area contributed by atoms with Gasteiger partial charge in [0.15, 0.2) is 11.5 Å². The predicted octanol–water partition coefficient (Wildman–Crippen LogP) is 5.33. The van der Waals surface area contributed by atoms with Crippen LogP contribution in [0.3, 0.4) is 0 Å². The largest absolute Gasteiger partial charge is 0.497 e. The summed E-state index contributed by atoms with van der Waals surface area (Å²) in [5.41, 5.74) is 2.72. The maximum absolute atomic E-state index is 13.5. The third-order valence-electron chi connectivity index (χ3n) is 5.09. The van der Waals surface area contributed by atoms with E-state index in [1.54, 1.807) is 18.1 Å². The van der Waals surface area contributed by atoms with Crippen LogP contribution >= 0.6 is 0 Å². The highest BCUT2D eigenvalue weighted by Crippen LogP contribution is 2.32. The van der Waals surface area contributed by atoms with Gasteiger partial charge in [-0.05, 0) is 61.9 Å². The molecule has 1 heterocycles. The number of benzene rings is 3. The molecule has 168 valence electrons. The molecule has 0 bridgehead atoms. The minimum atomic E-state index is -0.203. The number of nitrogens with zero attached hydrogens (tertiary/aromatic N) is 2. The molecule has 1 aliphatic heterocycles. The number of anilines is 1. The molecule has 0 N–H and O–H groups in total. The van der Waals surface area contributed by atoms with E-state index in [1.165, 1.54) is 0 Å². The quantitative estimate of drug-likeness (QED) is 0.443. The Morgan fingerprint density at radius 2 is 1.58 bits per heavy atom. The lowest BCUT2D eigenvalue weighted by molar-refractivity contribution is -0.113. The molecule has 0 saturated heterocycles. The lowest BCUT2D eigenvalue weighted by Gasteiger charge is -2.18. The molecule has 4 rings (SSSR count). The predicted molar refractivity (Wildman–Crippen MR) is 130 cm³/mol. The zero-order chi connectivity index (χ0) is 23.2. The Morgan fingerprint density at radius 3 is 2.24 bits per heavy atom. The van der Waals surface area contributed by atoms with E-state index >= 15 is 0 Å². The Morgan fingerprint density at radius 1 is 0.879 bits per heavy atom. The van der Waals surface area contributed by atoms with E-state index in [-0.39, 0.29) is 5.91 Å². The first kappa shape index (κ1) is 22.1. The van der Waals surface area contributed by atoms with Crippen molar-refractivity contribution >= 4 is 23.5 Å². The normalized spacial score (nSPS) is 14.4. The van der Waals surface area contributed by atoms with Gasteiger partial charge < -0.3 is 14.2 Å². The molecule has 33 heavy (non-hydrogen) atoms. The van der Waals surface area contributed by atoms with Crippen molar-refractivity contribution in [2.24, 2.45) is 4.99 Å². The topological polar surface area (TPSA) is 60.4 Å². The van der Waals surface area contributed by atoms with Crippen LogP contribution in [0.4, 0.5) is 5.69 Å².